The van der Waals surface area contributed by atoms with Crippen molar-refractivity contribution >= 4 is 44.9 Å². The summed E-state index contributed by atoms with van der Waals surface area (Å²) in [5.41, 5.74) is 0.325. The molecule has 0 aromatic heterocycles. The molecule has 1 aromatic carbocycles. The number of benzene rings is 1. The maximum atomic E-state index is 13.5. The molecule has 0 aliphatic heterocycles. The van der Waals surface area contributed by atoms with Gasteiger partial charge in [0.1, 0.15) is 12.8 Å². The highest BCUT2D eigenvalue weighted by Gasteiger charge is 2.30. The van der Waals surface area contributed by atoms with Gasteiger partial charge in [0, 0.05) is 12.7 Å². The largest absolute Gasteiger partial charge is 0.455 e. The number of ether oxygens (including phenoxy) is 1. The van der Waals surface area contributed by atoms with Crippen molar-refractivity contribution in [1.82, 2.24) is 5.32 Å². The molecule has 0 spiro atoms. The molecule has 6 nitrogen and oxygen atoms in total. The number of halogens is 3. The van der Waals surface area contributed by atoms with Crippen LogP contribution in [0, 0.1) is 0 Å². The lowest BCUT2D eigenvalue weighted by molar-refractivity contribution is -0.152. The third-order valence-corrected chi connectivity index (χ3v) is 4.93. The second-order valence-electron chi connectivity index (χ2n) is 5.57. The Morgan fingerprint density at radius 2 is 1.81 bits per heavy atom. The van der Waals surface area contributed by atoms with E-state index in [-0.39, 0.29) is 11.3 Å². The van der Waals surface area contributed by atoms with Gasteiger partial charge in [-0.15, -0.1) is 0 Å². The normalized spacial score (nSPS) is 13.9. The van der Waals surface area contributed by atoms with Crippen LogP contribution in [0.1, 0.15) is 31.4 Å². The van der Waals surface area contributed by atoms with Gasteiger partial charge in [-0.25, -0.2) is 12.8 Å². The zero-order valence-corrected chi connectivity index (χ0v) is 16.6. The van der Waals surface area contributed by atoms with E-state index < -0.39 is 45.4 Å². The van der Waals surface area contributed by atoms with E-state index in [0.717, 1.165) is 6.26 Å². The van der Waals surface area contributed by atoms with Gasteiger partial charge in [0.2, 0.25) is 0 Å². The molecular formula is C16H20Cl2FNO5S. The van der Waals surface area contributed by atoms with Crippen LogP contribution in [0.5, 0.6) is 0 Å². The molecule has 0 fully saturated rings. The second-order valence-corrected chi connectivity index (χ2v) is 8.68. The number of hydrogen-bond acceptors (Lipinski definition) is 5. The molecule has 0 heterocycles. The Morgan fingerprint density at radius 1 is 1.23 bits per heavy atom. The Morgan fingerprint density at radius 3 is 2.23 bits per heavy atom. The second kappa shape index (κ2) is 10.1. The summed E-state index contributed by atoms with van der Waals surface area (Å²) in [5.74, 6) is -1.41. The maximum Gasteiger partial charge on any atom is 0.306 e. The number of carbonyl (C=O) groups is 2. The van der Waals surface area contributed by atoms with Crippen molar-refractivity contribution in [1.29, 1.82) is 0 Å². The summed E-state index contributed by atoms with van der Waals surface area (Å²) in [7, 11) is -3.42. The van der Waals surface area contributed by atoms with Gasteiger partial charge in [-0.2, -0.15) is 0 Å². The van der Waals surface area contributed by atoms with Gasteiger partial charge in [0.15, 0.2) is 14.7 Å². The molecule has 1 amide bonds. The molecule has 2 unspecified atom stereocenters. The van der Waals surface area contributed by atoms with Gasteiger partial charge in [-0.05, 0) is 24.1 Å². The molecule has 1 rings (SSSR count). The summed E-state index contributed by atoms with van der Waals surface area (Å²) in [6.07, 6.45) is 0.519. The number of nitrogens with one attached hydrogen (secondary N) is 1. The Balaban J connectivity index is 3.17. The van der Waals surface area contributed by atoms with Crippen LogP contribution < -0.4 is 5.32 Å². The predicted octanol–water partition coefficient (Wildman–Crippen LogP) is 2.73. The zero-order chi connectivity index (χ0) is 19.9. The van der Waals surface area contributed by atoms with E-state index in [2.05, 4.69) is 5.32 Å². The summed E-state index contributed by atoms with van der Waals surface area (Å²) < 4.78 is 42.0. The molecule has 10 heteroatoms. The molecule has 146 valence electrons. The van der Waals surface area contributed by atoms with Gasteiger partial charge in [0.25, 0.3) is 5.91 Å². The van der Waals surface area contributed by atoms with Crippen molar-refractivity contribution in [2.24, 2.45) is 0 Å². The Kier molecular flexibility index (Phi) is 8.79. The molecular weight excluding hydrogens is 408 g/mol. The fraction of sp³-hybridized carbons (Fsp3) is 0.500. The van der Waals surface area contributed by atoms with Gasteiger partial charge in [-0.3, -0.25) is 9.59 Å². The van der Waals surface area contributed by atoms with Crippen LogP contribution >= 0.6 is 23.2 Å². The number of rotatable bonds is 9. The van der Waals surface area contributed by atoms with E-state index in [4.69, 9.17) is 27.9 Å². The van der Waals surface area contributed by atoms with E-state index in [0.29, 0.717) is 12.0 Å². The monoisotopic (exact) mass is 427 g/mol. The van der Waals surface area contributed by atoms with Crippen molar-refractivity contribution in [3.8, 4) is 0 Å². The Hall–Kier alpha value is -1.38. The first-order valence-corrected chi connectivity index (χ1v) is 10.5. The number of amides is 1. The topological polar surface area (TPSA) is 89.5 Å². The van der Waals surface area contributed by atoms with Crippen LogP contribution in [0.3, 0.4) is 0 Å². The van der Waals surface area contributed by atoms with Crippen LogP contribution in [0.15, 0.2) is 29.2 Å². The van der Waals surface area contributed by atoms with E-state index in [1.807, 2.05) is 0 Å². The zero-order valence-electron chi connectivity index (χ0n) is 14.2. The number of sulfone groups is 1. The molecule has 0 saturated heterocycles. The van der Waals surface area contributed by atoms with E-state index in [1.165, 1.54) is 24.3 Å². The van der Waals surface area contributed by atoms with Gasteiger partial charge >= 0.3 is 5.97 Å². The lowest BCUT2D eigenvalue weighted by Gasteiger charge is -2.26. The molecule has 26 heavy (non-hydrogen) atoms. The summed E-state index contributed by atoms with van der Waals surface area (Å²) in [6, 6.07) is 4.19. The maximum absolute atomic E-state index is 13.5. The first kappa shape index (κ1) is 22.7. The minimum Gasteiger partial charge on any atom is -0.455 e. The number of carbonyl (C=O) groups excluding carboxylic acids is 2. The molecule has 2 atom stereocenters. The van der Waals surface area contributed by atoms with Crippen molar-refractivity contribution < 1.29 is 27.1 Å². The number of alkyl halides is 3. The highest BCUT2D eigenvalue weighted by atomic mass is 35.5. The first-order valence-electron chi connectivity index (χ1n) is 7.74. The molecule has 0 saturated carbocycles. The summed E-state index contributed by atoms with van der Waals surface area (Å²) in [4.78, 5) is 22.2. The van der Waals surface area contributed by atoms with Crippen LogP contribution in [0.25, 0.3) is 0 Å². The fourth-order valence-corrected chi connectivity index (χ4v) is 2.89. The minimum absolute atomic E-state index is 0.0577. The fourth-order valence-electron chi connectivity index (χ4n) is 2.13. The average molecular weight is 428 g/mol. The summed E-state index contributed by atoms with van der Waals surface area (Å²) >= 11 is 10.9. The third-order valence-electron chi connectivity index (χ3n) is 3.41. The van der Waals surface area contributed by atoms with Crippen LogP contribution in [-0.4, -0.2) is 44.1 Å². The number of esters is 1. The molecule has 0 bridgehead atoms. The molecule has 0 radical (unpaired) electrons. The van der Waals surface area contributed by atoms with Crippen LogP contribution in [0.4, 0.5) is 4.39 Å². The third kappa shape index (κ3) is 6.74. The van der Waals surface area contributed by atoms with Crippen molar-refractivity contribution in [2.75, 3.05) is 12.9 Å². The van der Waals surface area contributed by atoms with Crippen LogP contribution in [0.2, 0.25) is 0 Å². The highest BCUT2D eigenvalue weighted by molar-refractivity contribution is 7.90. The standard InChI is InChI=1S/C16H20Cl2FNO5S/c1-3-4-13(21)25-14(12(9-19)20-16(22)15(17)18)10-5-7-11(8-6-10)26(2,23)24/h5-8,12,14-15H,3-4,9H2,1-2H3,(H,20,22). The van der Waals surface area contributed by atoms with Crippen molar-refractivity contribution in [2.45, 2.75) is 41.6 Å². The highest BCUT2D eigenvalue weighted by Crippen LogP contribution is 2.25. The molecule has 1 N–H and O–H groups in total. The summed E-state index contributed by atoms with van der Waals surface area (Å²) in [6.45, 7) is 0.724. The van der Waals surface area contributed by atoms with Crippen molar-refractivity contribution in [3.63, 3.8) is 0 Å². The van der Waals surface area contributed by atoms with E-state index >= 15 is 0 Å². The Bertz CT molecular complexity index is 725. The quantitative estimate of drug-likeness (QED) is 0.483. The van der Waals surface area contributed by atoms with Crippen molar-refractivity contribution in [3.05, 3.63) is 29.8 Å². The lowest BCUT2D eigenvalue weighted by Crippen LogP contribution is -2.44. The van der Waals surface area contributed by atoms with E-state index in [9.17, 15) is 22.4 Å². The number of hydrogen-bond donors (Lipinski definition) is 1. The van der Waals surface area contributed by atoms with Gasteiger partial charge in [-0.1, -0.05) is 42.3 Å². The SMILES string of the molecule is CCCC(=O)OC(c1ccc(S(C)(=O)=O)cc1)C(CF)NC(=O)C(Cl)Cl. The molecule has 1 aromatic rings. The minimum atomic E-state index is -3.42. The predicted molar refractivity (Wildman–Crippen MR) is 96.7 cm³/mol. The summed E-state index contributed by atoms with van der Waals surface area (Å²) in [5, 5.41) is 2.28. The molecule has 0 aliphatic carbocycles. The van der Waals surface area contributed by atoms with Gasteiger partial charge in [0.05, 0.1) is 10.9 Å². The van der Waals surface area contributed by atoms with Crippen LogP contribution in [-0.2, 0) is 24.2 Å². The van der Waals surface area contributed by atoms with E-state index in [1.54, 1.807) is 6.92 Å². The Labute approximate surface area is 161 Å². The lowest BCUT2D eigenvalue weighted by atomic mass is 10.0. The first-order chi connectivity index (χ1) is 12.1. The average Bonchev–Trinajstić information content (AvgIpc) is 2.57. The smallest absolute Gasteiger partial charge is 0.306 e. The molecule has 0 aliphatic rings. The van der Waals surface area contributed by atoms with Gasteiger partial charge < -0.3 is 10.1 Å².